The van der Waals surface area contributed by atoms with Crippen molar-refractivity contribution in [2.24, 2.45) is 0 Å². The average molecular weight is 350 g/mol. The Morgan fingerprint density at radius 2 is 2.17 bits per heavy atom. The summed E-state index contributed by atoms with van der Waals surface area (Å²) in [7, 11) is 0. The number of aryl methyl sites for hydroxylation is 1. The maximum atomic E-state index is 12.6. The molecule has 0 aliphatic heterocycles. The molecule has 2 N–H and O–H groups in total. The molecule has 0 spiro atoms. The SMILES string of the molecule is CCCCC(NC(C)c1cccc(Cl)c1)C(=O)Nc1cc(C)on1. The molecule has 5 nitrogen and oxygen atoms in total. The van der Waals surface area contributed by atoms with Gasteiger partial charge in [-0.05, 0) is 38.0 Å². The Kier molecular flexibility index (Phi) is 6.82. The third kappa shape index (κ3) is 5.35. The van der Waals surface area contributed by atoms with Crippen molar-refractivity contribution in [3.05, 3.63) is 46.7 Å². The molecule has 0 radical (unpaired) electrons. The van der Waals surface area contributed by atoms with Gasteiger partial charge in [-0.1, -0.05) is 48.7 Å². The fourth-order valence-electron chi connectivity index (χ4n) is 2.51. The second kappa shape index (κ2) is 8.85. The molecule has 2 unspecified atom stereocenters. The zero-order valence-corrected chi connectivity index (χ0v) is 15.1. The molecule has 0 aliphatic rings. The van der Waals surface area contributed by atoms with Crippen LogP contribution in [0.3, 0.4) is 0 Å². The molecule has 1 heterocycles. The lowest BCUT2D eigenvalue weighted by atomic mass is 10.0. The summed E-state index contributed by atoms with van der Waals surface area (Å²) in [5.41, 5.74) is 1.05. The molecule has 1 amide bonds. The van der Waals surface area contributed by atoms with Crippen molar-refractivity contribution in [1.82, 2.24) is 10.5 Å². The number of aromatic nitrogens is 1. The Balaban J connectivity index is 2.04. The number of benzene rings is 1. The quantitative estimate of drug-likeness (QED) is 0.737. The third-order valence-electron chi connectivity index (χ3n) is 3.84. The van der Waals surface area contributed by atoms with Crippen molar-refractivity contribution in [2.75, 3.05) is 5.32 Å². The predicted octanol–water partition coefficient (Wildman–Crippen LogP) is 4.48. The van der Waals surface area contributed by atoms with Crippen molar-refractivity contribution < 1.29 is 9.32 Å². The monoisotopic (exact) mass is 349 g/mol. The van der Waals surface area contributed by atoms with Crippen LogP contribution in [-0.2, 0) is 4.79 Å². The Hall–Kier alpha value is -1.85. The van der Waals surface area contributed by atoms with Crippen molar-refractivity contribution in [1.29, 1.82) is 0 Å². The van der Waals surface area contributed by atoms with Crippen LogP contribution in [0.25, 0.3) is 0 Å². The van der Waals surface area contributed by atoms with Crippen LogP contribution >= 0.6 is 11.6 Å². The van der Waals surface area contributed by atoms with E-state index >= 15 is 0 Å². The largest absolute Gasteiger partial charge is 0.360 e. The van der Waals surface area contributed by atoms with E-state index in [0.29, 0.717) is 16.6 Å². The van der Waals surface area contributed by atoms with E-state index in [1.165, 1.54) is 0 Å². The number of carbonyl (C=O) groups is 1. The first-order valence-corrected chi connectivity index (χ1v) is 8.63. The highest BCUT2D eigenvalue weighted by Gasteiger charge is 2.21. The number of nitrogens with one attached hydrogen (secondary N) is 2. The zero-order chi connectivity index (χ0) is 17.5. The van der Waals surface area contributed by atoms with E-state index in [1.807, 2.05) is 31.2 Å². The van der Waals surface area contributed by atoms with Crippen LogP contribution in [0.15, 0.2) is 34.9 Å². The lowest BCUT2D eigenvalue weighted by Crippen LogP contribution is -2.41. The summed E-state index contributed by atoms with van der Waals surface area (Å²) < 4.78 is 4.99. The minimum Gasteiger partial charge on any atom is -0.360 e. The van der Waals surface area contributed by atoms with Gasteiger partial charge in [-0.3, -0.25) is 10.1 Å². The molecule has 6 heteroatoms. The van der Waals surface area contributed by atoms with Crippen molar-refractivity contribution >= 4 is 23.3 Å². The number of amides is 1. The molecule has 1 aromatic heterocycles. The first-order chi connectivity index (χ1) is 11.5. The van der Waals surface area contributed by atoms with Gasteiger partial charge in [0.05, 0.1) is 6.04 Å². The fraction of sp³-hybridized carbons (Fsp3) is 0.444. The number of carbonyl (C=O) groups excluding carboxylic acids is 1. The minimum atomic E-state index is -0.309. The Bertz CT molecular complexity index is 672. The topological polar surface area (TPSA) is 67.2 Å². The van der Waals surface area contributed by atoms with Crippen molar-refractivity contribution in [3.63, 3.8) is 0 Å². The second-order valence-corrected chi connectivity index (χ2v) is 6.39. The molecular weight excluding hydrogens is 326 g/mol. The van der Waals surface area contributed by atoms with Gasteiger partial charge in [0.2, 0.25) is 5.91 Å². The zero-order valence-electron chi connectivity index (χ0n) is 14.3. The van der Waals surface area contributed by atoms with Gasteiger partial charge < -0.3 is 9.84 Å². The van der Waals surface area contributed by atoms with Crippen LogP contribution in [0.2, 0.25) is 5.02 Å². The maximum Gasteiger partial charge on any atom is 0.242 e. The standard InChI is InChI=1S/C18H24ClN3O2/c1-4-5-9-16(18(23)21-17-10-12(2)24-22-17)20-13(3)14-7-6-8-15(19)11-14/h6-8,10-11,13,16,20H,4-5,9H2,1-3H3,(H,21,22,23). The molecule has 0 fully saturated rings. The van der Waals surface area contributed by atoms with E-state index in [-0.39, 0.29) is 18.0 Å². The summed E-state index contributed by atoms with van der Waals surface area (Å²) >= 11 is 6.06. The van der Waals surface area contributed by atoms with E-state index in [1.54, 1.807) is 13.0 Å². The smallest absolute Gasteiger partial charge is 0.242 e. The number of anilines is 1. The predicted molar refractivity (Wildman–Crippen MR) is 96.2 cm³/mol. The highest BCUT2D eigenvalue weighted by Crippen LogP contribution is 2.19. The summed E-state index contributed by atoms with van der Waals surface area (Å²) in [6, 6.07) is 9.07. The highest BCUT2D eigenvalue weighted by atomic mass is 35.5. The molecule has 2 aromatic rings. The van der Waals surface area contributed by atoms with Crippen LogP contribution < -0.4 is 10.6 Å². The average Bonchev–Trinajstić information content (AvgIpc) is 2.96. The number of rotatable bonds is 8. The summed E-state index contributed by atoms with van der Waals surface area (Å²) in [5, 5.41) is 10.7. The van der Waals surface area contributed by atoms with Crippen LogP contribution in [-0.4, -0.2) is 17.1 Å². The van der Waals surface area contributed by atoms with E-state index < -0.39 is 0 Å². The molecule has 0 aliphatic carbocycles. The molecule has 24 heavy (non-hydrogen) atoms. The first-order valence-electron chi connectivity index (χ1n) is 8.25. The number of nitrogens with zero attached hydrogens (tertiary/aromatic N) is 1. The maximum absolute atomic E-state index is 12.6. The van der Waals surface area contributed by atoms with Gasteiger partial charge in [0.1, 0.15) is 5.76 Å². The molecule has 2 rings (SSSR count). The van der Waals surface area contributed by atoms with Crippen LogP contribution in [0.4, 0.5) is 5.82 Å². The van der Waals surface area contributed by atoms with Gasteiger partial charge >= 0.3 is 0 Å². The summed E-state index contributed by atoms with van der Waals surface area (Å²) in [6.45, 7) is 5.92. The third-order valence-corrected chi connectivity index (χ3v) is 4.08. The fourth-order valence-corrected chi connectivity index (χ4v) is 2.71. The summed E-state index contributed by atoms with van der Waals surface area (Å²) in [4.78, 5) is 12.6. The number of hydrogen-bond donors (Lipinski definition) is 2. The normalized spacial score (nSPS) is 13.5. The Morgan fingerprint density at radius 3 is 2.79 bits per heavy atom. The molecule has 2 atom stereocenters. The van der Waals surface area contributed by atoms with Gasteiger partial charge in [0, 0.05) is 17.1 Å². The Morgan fingerprint density at radius 1 is 1.38 bits per heavy atom. The molecule has 0 saturated carbocycles. The molecular formula is C18H24ClN3O2. The van der Waals surface area contributed by atoms with E-state index in [9.17, 15) is 4.79 Å². The van der Waals surface area contributed by atoms with E-state index in [2.05, 4.69) is 22.7 Å². The van der Waals surface area contributed by atoms with Crippen LogP contribution in [0, 0.1) is 6.92 Å². The Labute approximate surface area is 147 Å². The highest BCUT2D eigenvalue weighted by molar-refractivity contribution is 6.30. The van der Waals surface area contributed by atoms with Crippen LogP contribution in [0.5, 0.6) is 0 Å². The second-order valence-electron chi connectivity index (χ2n) is 5.95. The molecule has 0 saturated heterocycles. The number of halogens is 1. The lowest BCUT2D eigenvalue weighted by molar-refractivity contribution is -0.118. The lowest BCUT2D eigenvalue weighted by Gasteiger charge is -2.22. The van der Waals surface area contributed by atoms with Gasteiger partial charge in [-0.15, -0.1) is 0 Å². The molecule has 0 bridgehead atoms. The van der Waals surface area contributed by atoms with Gasteiger partial charge in [0.15, 0.2) is 5.82 Å². The van der Waals surface area contributed by atoms with Crippen molar-refractivity contribution in [2.45, 2.75) is 52.1 Å². The van der Waals surface area contributed by atoms with Crippen molar-refractivity contribution in [3.8, 4) is 0 Å². The summed E-state index contributed by atoms with van der Waals surface area (Å²) in [5.74, 6) is 0.998. The van der Waals surface area contributed by atoms with Gasteiger partial charge in [-0.25, -0.2) is 0 Å². The number of unbranched alkanes of at least 4 members (excludes halogenated alkanes) is 1. The molecule has 1 aromatic carbocycles. The molecule has 130 valence electrons. The van der Waals surface area contributed by atoms with E-state index in [4.69, 9.17) is 16.1 Å². The summed E-state index contributed by atoms with van der Waals surface area (Å²) in [6.07, 6.45) is 2.75. The van der Waals surface area contributed by atoms with Crippen LogP contribution in [0.1, 0.15) is 50.5 Å². The minimum absolute atomic E-state index is 0.00958. The van der Waals surface area contributed by atoms with Gasteiger partial charge in [-0.2, -0.15) is 0 Å². The first kappa shape index (κ1) is 18.5. The van der Waals surface area contributed by atoms with E-state index in [0.717, 1.165) is 24.8 Å². The van der Waals surface area contributed by atoms with Gasteiger partial charge in [0.25, 0.3) is 0 Å². The number of hydrogen-bond acceptors (Lipinski definition) is 4.